The van der Waals surface area contributed by atoms with E-state index in [2.05, 4.69) is 19.9 Å². The lowest BCUT2D eigenvalue weighted by molar-refractivity contribution is -0.131. The van der Waals surface area contributed by atoms with Crippen LogP contribution in [0.4, 0.5) is 0 Å². The maximum absolute atomic E-state index is 10.7. The highest BCUT2D eigenvalue weighted by molar-refractivity contribution is 5.82. The number of rotatable bonds is 4. The monoisotopic (exact) mass is 314 g/mol. The van der Waals surface area contributed by atoms with Crippen LogP contribution in [-0.2, 0) is 4.79 Å². The van der Waals surface area contributed by atoms with E-state index < -0.39 is 5.97 Å². The number of carboxylic acid groups (broad SMARTS) is 1. The first-order valence-electron chi connectivity index (χ1n) is 7.44. The van der Waals surface area contributed by atoms with E-state index in [1.54, 1.807) is 20.1 Å². The highest BCUT2D eigenvalue weighted by atomic mass is 16.5. The number of benzene rings is 1. The average molecular weight is 314 g/mol. The molecule has 1 aromatic carbocycles. The highest BCUT2D eigenvalue weighted by Crippen LogP contribution is 2.37. The molecule has 1 N–H and O–H groups in total. The molecule has 0 bridgehead atoms. The van der Waals surface area contributed by atoms with Gasteiger partial charge in [-0.2, -0.15) is 0 Å². The Morgan fingerprint density at radius 1 is 1.39 bits per heavy atom. The molecular weight excluding hydrogens is 292 g/mol. The van der Waals surface area contributed by atoms with E-state index in [0.717, 1.165) is 22.6 Å². The largest absolute Gasteiger partial charge is 0.497 e. The van der Waals surface area contributed by atoms with Gasteiger partial charge in [0.05, 0.1) is 13.7 Å². The van der Waals surface area contributed by atoms with Crippen LogP contribution in [0.15, 0.2) is 48.1 Å². The number of carboxylic acids is 1. The molecule has 0 radical (unpaired) electrons. The smallest absolute Gasteiger partial charge is 0.328 e. The molecule has 0 aromatic heterocycles. The lowest BCUT2D eigenvalue weighted by Crippen LogP contribution is -2.17. The number of aliphatic carboxylic acids is 1. The molecule has 0 aliphatic carbocycles. The van der Waals surface area contributed by atoms with Crippen LogP contribution < -0.4 is 9.47 Å². The maximum Gasteiger partial charge on any atom is 0.328 e. The summed E-state index contributed by atoms with van der Waals surface area (Å²) >= 11 is 0. The van der Waals surface area contributed by atoms with Crippen LogP contribution in [0.3, 0.4) is 0 Å². The molecule has 1 aromatic rings. The molecule has 4 heteroatoms. The van der Waals surface area contributed by atoms with Crippen molar-refractivity contribution in [3.8, 4) is 11.5 Å². The third-order valence-electron chi connectivity index (χ3n) is 3.52. The number of fused-ring (bicyclic) bond motifs is 1. The van der Waals surface area contributed by atoms with Crippen LogP contribution in [-0.4, -0.2) is 24.8 Å². The first-order chi connectivity index (χ1) is 10.8. The Morgan fingerprint density at radius 3 is 2.78 bits per heavy atom. The summed E-state index contributed by atoms with van der Waals surface area (Å²) < 4.78 is 11.2. The van der Waals surface area contributed by atoms with Gasteiger partial charge in [-0.3, -0.25) is 0 Å². The molecule has 0 spiro atoms. The molecule has 2 rings (SSSR count). The second-order valence-corrected chi connectivity index (χ2v) is 6.30. The molecule has 1 heterocycles. The molecule has 0 amide bonds. The van der Waals surface area contributed by atoms with Gasteiger partial charge >= 0.3 is 5.97 Å². The zero-order valence-corrected chi connectivity index (χ0v) is 13.9. The maximum atomic E-state index is 10.7. The second-order valence-electron chi connectivity index (χ2n) is 6.30. The molecule has 0 atom stereocenters. The predicted molar refractivity (Wildman–Crippen MR) is 90.8 cm³/mol. The Kier molecular flexibility index (Phi) is 4.94. The van der Waals surface area contributed by atoms with Gasteiger partial charge in [-0.05, 0) is 30.2 Å². The van der Waals surface area contributed by atoms with Gasteiger partial charge in [-0.1, -0.05) is 32.1 Å². The molecule has 0 fully saturated rings. The number of methoxy groups -OCH3 is 1. The topological polar surface area (TPSA) is 55.8 Å². The zero-order chi connectivity index (χ0) is 17.0. The highest BCUT2D eigenvalue weighted by Gasteiger charge is 2.23. The van der Waals surface area contributed by atoms with Gasteiger partial charge in [-0.25, -0.2) is 4.79 Å². The Morgan fingerprint density at radius 2 is 2.13 bits per heavy atom. The Hall–Kier alpha value is -2.49. The number of allylic oxidation sites excluding steroid dienone is 4. The van der Waals surface area contributed by atoms with Crippen molar-refractivity contribution in [2.75, 3.05) is 13.7 Å². The summed E-state index contributed by atoms with van der Waals surface area (Å²) in [7, 11) is 1.62. The van der Waals surface area contributed by atoms with Crippen LogP contribution in [0.2, 0.25) is 0 Å². The molecule has 0 saturated heterocycles. The van der Waals surface area contributed by atoms with Gasteiger partial charge in [0.2, 0.25) is 0 Å². The van der Waals surface area contributed by atoms with Gasteiger partial charge in [0.1, 0.15) is 11.5 Å². The van der Waals surface area contributed by atoms with Gasteiger partial charge in [0.15, 0.2) is 0 Å². The van der Waals surface area contributed by atoms with Crippen molar-refractivity contribution in [1.82, 2.24) is 0 Å². The molecule has 1 aliphatic heterocycles. The van der Waals surface area contributed by atoms with Crippen molar-refractivity contribution >= 4 is 11.5 Å². The molecule has 23 heavy (non-hydrogen) atoms. The molecule has 1 aliphatic rings. The van der Waals surface area contributed by atoms with Gasteiger partial charge < -0.3 is 14.6 Å². The fourth-order valence-electron chi connectivity index (χ4n) is 2.39. The molecule has 4 nitrogen and oxygen atoms in total. The first kappa shape index (κ1) is 16.9. The van der Waals surface area contributed by atoms with Gasteiger partial charge in [0, 0.05) is 23.1 Å². The minimum absolute atomic E-state index is 0.129. The van der Waals surface area contributed by atoms with E-state index in [-0.39, 0.29) is 5.41 Å². The fourth-order valence-corrected chi connectivity index (χ4v) is 2.39. The fraction of sp³-hybridized carbons (Fsp3) is 0.316. The average Bonchev–Trinajstić information content (AvgIpc) is 2.60. The Bertz CT molecular complexity index is 693. The van der Waals surface area contributed by atoms with Crippen LogP contribution in [0, 0.1) is 5.41 Å². The Balaban J connectivity index is 2.44. The predicted octanol–water partition coefficient (Wildman–Crippen LogP) is 4.08. The molecule has 122 valence electrons. The summed E-state index contributed by atoms with van der Waals surface area (Å²) in [5.41, 5.74) is 2.52. The van der Waals surface area contributed by atoms with Crippen molar-refractivity contribution in [2.45, 2.75) is 20.8 Å². The SMILES string of the molecule is COc1ccc2c(c1)OCC(C)(C)C=C2/C=C/C(C)=C/C(=O)O. The summed E-state index contributed by atoms with van der Waals surface area (Å²) in [6.45, 7) is 6.53. The standard InChI is InChI=1S/C19H22O4/c1-13(9-18(20)21)5-6-14-11-19(2,3)12-23-17-10-15(22-4)7-8-16(14)17/h5-11H,12H2,1-4H3,(H,20,21)/b6-5+,13-9+. The second kappa shape index (κ2) is 6.73. The molecule has 0 unspecified atom stereocenters. The summed E-state index contributed by atoms with van der Waals surface area (Å²) in [6.07, 6.45) is 7.06. The van der Waals surface area contributed by atoms with Crippen LogP contribution in [0.1, 0.15) is 26.3 Å². The van der Waals surface area contributed by atoms with Gasteiger partial charge in [-0.15, -0.1) is 0 Å². The third kappa shape index (κ3) is 4.49. The minimum atomic E-state index is -0.948. The van der Waals surface area contributed by atoms with Crippen molar-refractivity contribution < 1.29 is 19.4 Å². The number of hydrogen-bond donors (Lipinski definition) is 1. The van der Waals surface area contributed by atoms with Crippen molar-refractivity contribution in [1.29, 1.82) is 0 Å². The van der Waals surface area contributed by atoms with E-state index >= 15 is 0 Å². The van der Waals surface area contributed by atoms with Crippen molar-refractivity contribution in [2.24, 2.45) is 5.41 Å². The van der Waals surface area contributed by atoms with E-state index in [4.69, 9.17) is 14.6 Å². The normalized spacial score (nSPS) is 17.0. The summed E-state index contributed by atoms with van der Waals surface area (Å²) in [5.74, 6) is 0.565. The van der Waals surface area contributed by atoms with Crippen LogP contribution in [0.5, 0.6) is 11.5 Å². The summed E-state index contributed by atoms with van der Waals surface area (Å²) in [5, 5.41) is 8.81. The molecule has 0 saturated carbocycles. The number of carbonyl (C=O) groups is 1. The van der Waals surface area contributed by atoms with Crippen LogP contribution >= 0.6 is 0 Å². The van der Waals surface area contributed by atoms with Crippen molar-refractivity contribution in [3.05, 3.63) is 53.6 Å². The Labute approximate surface area is 136 Å². The number of hydrogen-bond acceptors (Lipinski definition) is 3. The lowest BCUT2D eigenvalue weighted by Gasteiger charge is -2.18. The lowest BCUT2D eigenvalue weighted by atomic mass is 9.90. The van der Waals surface area contributed by atoms with Crippen molar-refractivity contribution in [3.63, 3.8) is 0 Å². The van der Waals surface area contributed by atoms with E-state index in [9.17, 15) is 4.79 Å². The zero-order valence-electron chi connectivity index (χ0n) is 13.9. The summed E-state index contributed by atoms with van der Waals surface area (Å²) in [4.78, 5) is 10.7. The van der Waals surface area contributed by atoms with E-state index in [0.29, 0.717) is 12.2 Å². The number of ether oxygens (including phenoxy) is 2. The summed E-state index contributed by atoms with van der Waals surface area (Å²) in [6, 6.07) is 5.72. The molecular formula is C19H22O4. The van der Waals surface area contributed by atoms with Crippen LogP contribution in [0.25, 0.3) is 5.57 Å². The quantitative estimate of drug-likeness (QED) is 0.672. The van der Waals surface area contributed by atoms with E-state index in [1.807, 2.05) is 24.3 Å². The minimum Gasteiger partial charge on any atom is -0.497 e. The van der Waals surface area contributed by atoms with Gasteiger partial charge in [0.25, 0.3) is 0 Å². The van der Waals surface area contributed by atoms with E-state index in [1.165, 1.54) is 6.08 Å². The first-order valence-corrected chi connectivity index (χ1v) is 7.44. The third-order valence-corrected chi connectivity index (χ3v) is 3.52.